The molecule has 6 heteroatoms. The number of methoxy groups -OCH3 is 1. The van der Waals surface area contributed by atoms with Crippen LogP contribution >= 0.6 is 0 Å². The molecule has 1 fully saturated rings. The van der Waals surface area contributed by atoms with Gasteiger partial charge in [-0.2, -0.15) is 0 Å². The lowest BCUT2D eigenvalue weighted by molar-refractivity contribution is 0.0986. The van der Waals surface area contributed by atoms with Gasteiger partial charge >= 0.3 is 0 Å². The number of para-hydroxylation sites is 2. The number of amides is 1. The predicted molar refractivity (Wildman–Crippen MR) is 99.2 cm³/mol. The first-order valence-corrected chi connectivity index (χ1v) is 9.12. The molecule has 1 aromatic carbocycles. The van der Waals surface area contributed by atoms with Crippen molar-refractivity contribution in [2.24, 2.45) is 0 Å². The molecule has 1 amide bonds. The number of rotatable bonds is 5. The van der Waals surface area contributed by atoms with Gasteiger partial charge < -0.3 is 13.7 Å². The number of ether oxygens (including phenoxy) is 1. The smallest absolute Gasteiger partial charge is 0.293 e. The number of hydrogen-bond acceptors (Lipinski definition) is 4. The third kappa shape index (κ3) is 3.24. The van der Waals surface area contributed by atoms with E-state index in [-0.39, 0.29) is 11.7 Å². The maximum atomic E-state index is 12.6. The van der Waals surface area contributed by atoms with Gasteiger partial charge in [0, 0.05) is 13.2 Å². The molecule has 1 saturated carbocycles. The molecule has 0 aliphatic heterocycles. The number of carbonyl (C=O) groups excluding carboxylic acids is 1. The normalized spacial score (nSPS) is 15.4. The summed E-state index contributed by atoms with van der Waals surface area (Å²) >= 11 is 0. The molecule has 2 aromatic heterocycles. The van der Waals surface area contributed by atoms with E-state index in [1.807, 2.05) is 18.2 Å². The van der Waals surface area contributed by atoms with E-state index in [0.717, 1.165) is 23.9 Å². The van der Waals surface area contributed by atoms with E-state index >= 15 is 0 Å². The molecule has 136 valence electrons. The van der Waals surface area contributed by atoms with E-state index in [0.29, 0.717) is 24.4 Å². The van der Waals surface area contributed by atoms with Gasteiger partial charge in [-0.05, 0) is 37.1 Å². The van der Waals surface area contributed by atoms with Crippen LogP contribution in [0.1, 0.15) is 54.5 Å². The van der Waals surface area contributed by atoms with E-state index in [1.165, 1.54) is 19.3 Å². The SMILES string of the molecule is COCc1ccc(C(=O)Nc2nc3ccccc3n2C2CCCCC2)o1. The van der Waals surface area contributed by atoms with E-state index < -0.39 is 0 Å². The molecule has 1 N–H and O–H groups in total. The Morgan fingerprint density at radius 2 is 2.04 bits per heavy atom. The van der Waals surface area contributed by atoms with E-state index in [1.54, 1.807) is 19.2 Å². The van der Waals surface area contributed by atoms with Gasteiger partial charge in [0.05, 0.1) is 11.0 Å². The minimum atomic E-state index is -0.292. The largest absolute Gasteiger partial charge is 0.453 e. The lowest BCUT2D eigenvalue weighted by atomic mass is 9.95. The highest BCUT2D eigenvalue weighted by Crippen LogP contribution is 2.34. The summed E-state index contributed by atoms with van der Waals surface area (Å²) < 4.78 is 12.8. The second kappa shape index (κ2) is 7.33. The van der Waals surface area contributed by atoms with Crippen LogP contribution in [-0.2, 0) is 11.3 Å². The zero-order valence-corrected chi connectivity index (χ0v) is 14.9. The van der Waals surface area contributed by atoms with Crippen molar-refractivity contribution in [2.45, 2.75) is 44.8 Å². The average Bonchev–Trinajstić information content (AvgIpc) is 3.27. The van der Waals surface area contributed by atoms with Gasteiger partial charge in [-0.25, -0.2) is 4.98 Å². The first-order chi connectivity index (χ1) is 12.8. The first-order valence-electron chi connectivity index (χ1n) is 9.12. The zero-order valence-electron chi connectivity index (χ0n) is 14.9. The summed E-state index contributed by atoms with van der Waals surface area (Å²) in [6.45, 7) is 0.341. The molecular weight excluding hydrogens is 330 g/mol. The standard InChI is InChI=1S/C20H23N3O3/c1-25-13-15-11-12-18(26-15)19(24)22-20-21-16-9-5-6-10-17(16)23(20)14-7-3-2-4-8-14/h5-6,9-12,14H,2-4,7-8,13H2,1H3,(H,21,22,24). The summed E-state index contributed by atoms with van der Waals surface area (Å²) in [5, 5.41) is 2.95. The minimum absolute atomic E-state index is 0.263. The van der Waals surface area contributed by atoms with E-state index in [4.69, 9.17) is 9.15 Å². The molecule has 0 bridgehead atoms. The van der Waals surface area contributed by atoms with E-state index in [9.17, 15) is 4.79 Å². The fraction of sp³-hybridized carbons (Fsp3) is 0.400. The van der Waals surface area contributed by atoms with E-state index in [2.05, 4.69) is 20.9 Å². The summed E-state index contributed by atoms with van der Waals surface area (Å²) in [4.78, 5) is 17.3. The highest BCUT2D eigenvalue weighted by atomic mass is 16.5. The van der Waals surface area contributed by atoms with Crippen molar-refractivity contribution in [3.63, 3.8) is 0 Å². The van der Waals surface area contributed by atoms with Crippen molar-refractivity contribution in [1.29, 1.82) is 0 Å². The Balaban J connectivity index is 1.65. The number of anilines is 1. The highest BCUT2D eigenvalue weighted by Gasteiger charge is 2.23. The highest BCUT2D eigenvalue weighted by molar-refractivity contribution is 6.02. The number of benzene rings is 1. The predicted octanol–water partition coefficient (Wildman–Crippen LogP) is 4.53. The number of aromatic nitrogens is 2. The first kappa shape index (κ1) is 16.8. The summed E-state index contributed by atoms with van der Waals surface area (Å²) in [7, 11) is 1.59. The molecule has 0 atom stereocenters. The van der Waals surface area contributed by atoms with Gasteiger partial charge in [0.1, 0.15) is 12.4 Å². The maximum absolute atomic E-state index is 12.6. The summed E-state index contributed by atoms with van der Waals surface area (Å²) in [6.07, 6.45) is 5.93. The van der Waals surface area contributed by atoms with Gasteiger partial charge in [-0.3, -0.25) is 10.1 Å². The van der Waals surface area contributed by atoms with Gasteiger partial charge in [-0.1, -0.05) is 31.4 Å². The minimum Gasteiger partial charge on any atom is -0.453 e. The Hall–Kier alpha value is -2.60. The lowest BCUT2D eigenvalue weighted by Crippen LogP contribution is -2.19. The van der Waals surface area contributed by atoms with Crippen molar-refractivity contribution in [3.05, 3.63) is 47.9 Å². The van der Waals surface area contributed by atoms with Crippen LogP contribution < -0.4 is 5.32 Å². The fourth-order valence-electron chi connectivity index (χ4n) is 3.72. The second-order valence-electron chi connectivity index (χ2n) is 6.74. The van der Waals surface area contributed by atoms with Crippen LogP contribution in [0.5, 0.6) is 0 Å². The Morgan fingerprint density at radius 1 is 1.23 bits per heavy atom. The van der Waals surface area contributed by atoms with Crippen molar-refractivity contribution >= 4 is 22.9 Å². The van der Waals surface area contributed by atoms with Crippen LogP contribution in [0.3, 0.4) is 0 Å². The summed E-state index contributed by atoms with van der Waals surface area (Å²) in [5.41, 5.74) is 1.96. The molecule has 1 aliphatic rings. The Morgan fingerprint density at radius 3 is 2.85 bits per heavy atom. The maximum Gasteiger partial charge on any atom is 0.293 e. The monoisotopic (exact) mass is 353 g/mol. The van der Waals surface area contributed by atoms with Crippen molar-refractivity contribution in [2.75, 3.05) is 12.4 Å². The fourth-order valence-corrected chi connectivity index (χ4v) is 3.72. The molecule has 0 radical (unpaired) electrons. The molecule has 26 heavy (non-hydrogen) atoms. The van der Waals surface area contributed by atoms with Crippen LogP contribution in [0, 0.1) is 0 Å². The van der Waals surface area contributed by atoms with Crippen molar-refractivity contribution < 1.29 is 13.9 Å². The number of fused-ring (bicyclic) bond motifs is 1. The number of hydrogen-bond donors (Lipinski definition) is 1. The van der Waals surface area contributed by atoms with Gasteiger partial charge in [0.2, 0.25) is 5.95 Å². The van der Waals surface area contributed by atoms with Crippen LogP contribution in [0.2, 0.25) is 0 Å². The number of imidazole rings is 1. The Kier molecular flexibility index (Phi) is 4.75. The quantitative estimate of drug-likeness (QED) is 0.731. The van der Waals surface area contributed by atoms with Crippen LogP contribution in [0.25, 0.3) is 11.0 Å². The molecule has 3 aromatic rings. The third-order valence-electron chi connectivity index (χ3n) is 4.93. The number of carbonyl (C=O) groups is 1. The lowest BCUT2D eigenvalue weighted by Gasteiger charge is -2.25. The average molecular weight is 353 g/mol. The van der Waals surface area contributed by atoms with Gasteiger partial charge in [-0.15, -0.1) is 0 Å². The molecule has 0 spiro atoms. The van der Waals surface area contributed by atoms with Crippen LogP contribution in [0.15, 0.2) is 40.8 Å². The van der Waals surface area contributed by atoms with Crippen LogP contribution in [0.4, 0.5) is 5.95 Å². The number of nitrogens with one attached hydrogen (secondary N) is 1. The molecular formula is C20H23N3O3. The number of nitrogens with zero attached hydrogens (tertiary/aromatic N) is 2. The Labute approximate surface area is 152 Å². The summed E-state index contributed by atoms with van der Waals surface area (Å²) in [5.74, 6) is 1.19. The molecule has 4 rings (SSSR count). The molecule has 2 heterocycles. The Bertz CT molecular complexity index is 906. The van der Waals surface area contributed by atoms with Crippen molar-refractivity contribution in [3.8, 4) is 0 Å². The zero-order chi connectivity index (χ0) is 17.9. The topological polar surface area (TPSA) is 69.3 Å². The molecule has 0 unspecified atom stereocenters. The third-order valence-corrected chi connectivity index (χ3v) is 4.93. The molecule has 1 aliphatic carbocycles. The summed E-state index contributed by atoms with van der Waals surface area (Å²) in [6, 6.07) is 11.8. The number of furan rings is 1. The van der Waals surface area contributed by atoms with Crippen molar-refractivity contribution in [1.82, 2.24) is 9.55 Å². The van der Waals surface area contributed by atoms with Gasteiger partial charge in [0.25, 0.3) is 5.91 Å². The van der Waals surface area contributed by atoms with Crippen LogP contribution in [-0.4, -0.2) is 22.6 Å². The second-order valence-corrected chi connectivity index (χ2v) is 6.74. The van der Waals surface area contributed by atoms with Gasteiger partial charge in [0.15, 0.2) is 5.76 Å². The molecule has 6 nitrogen and oxygen atoms in total. The molecule has 0 saturated heterocycles.